The maximum atomic E-state index is 12.9. The van der Waals surface area contributed by atoms with E-state index < -0.39 is 10.0 Å². The number of benzene rings is 2. The van der Waals surface area contributed by atoms with E-state index in [0.29, 0.717) is 29.5 Å². The van der Waals surface area contributed by atoms with E-state index in [-0.39, 0.29) is 17.3 Å². The van der Waals surface area contributed by atoms with E-state index in [1.165, 1.54) is 0 Å². The first-order valence-electron chi connectivity index (χ1n) is 9.35. The average Bonchev–Trinajstić information content (AvgIpc) is 2.97. The first-order valence-corrected chi connectivity index (χ1v) is 11.2. The van der Waals surface area contributed by atoms with Gasteiger partial charge in [0.05, 0.1) is 11.4 Å². The largest absolute Gasteiger partial charge is 0.376 e. The number of carbonyl (C=O) groups excluding carboxylic acids is 1. The third kappa shape index (κ3) is 5.47. The van der Waals surface area contributed by atoms with Crippen molar-refractivity contribution in [1.82, 2.24) is 4.31 Å². The smallest absolute Gasteiger partial charge is 0.243 e. The van der Waals surface area contributed by atoms with Gasteiger partial charge >= 0.3 is 0 Å². The normalized spacial score (nSPS) is 15.6. The van der Waals surface area contributed by atoms with Crippen molar-refractivity contribution in [3.63, 3.8) is 0 Å². The van der Waals surface area contributed by atoms with Crippen LogP contribution in [0.3, 0.4) is 0 Å². The highest BCUT2D eigenvalue weighted by Gasteiger charge is 2.25. The highest BCUT2D eigenvalue weighted by Crippen LogP contribution is 2.22. The molecule has 0 aromatic heterocycles. The molecule has 8 heteroatoms. The lowest BCUT2D eigenvalue weighted by molar-refractivity contribution is -0.114. The molecule has 2 aromatic carbocycles. The lowest BCUT2D eigenvalue weighted by Gasteiger charge is -2.20. The van der Waals surface area contributed by atoms with E-state index in [4.69, 9.17) is 11.6 Å². The van der Waals surface area contributed by atoms with Gasteiger partial charge in [0, 0.05) is 29.5 Å². The quantitative estimate of drug-likeness (QED) is 0.740. The Bertz CT molecular complexity index is 926. The van der Waals surface area contributed by atoms with Gasteiger partial charge in [0.15, 0.2) is 0 Å². The molecule has 6 nitrogen and oxygen atoms in total. The maximum absolute atomic E-state index is 12.9. The molecule has 2 N–H and O–H groups in total. The van der Waals surface area contributed by atoms with Crippen LogP contribution in [0.5, 0.6) is 0 Å². The molecule has 1 heterocycles. The van der Waals surface area contributed by atoms with Gasteiger partial charge in [0.1, 0.15) is 0 Å². The molecule has 3 rings (SSSR count). The van der Waals surface area contributed by atoms with Gasteiger partial charge in [-0.1, -0.05) is 36.6 Å². The van der Waals surface area contributed by atoms with Crippen molar-refractivity contribution in [2.75, 3.05) is 30.3 Å². The summed E-state index contributed by atoms with van der Waals surface area (Å²) in [5.74, 6) is -0.247. The third-order valence-electron chi connectivity index (χ3n) is 4.60. The minimum Gasteiger partial charge on any atom is -0.376 e. The Kier molecular flexibility index (Phi) is 6.93. The van der Waals surface area contributed by atoms with Crippen molar-refractivity contribution in [2.45, 2.75) is 30.6 Å². The van der Waals surface area contributed by atoms with Gasteiger partial charge in [-0.15, -0.1) is 0 Å². The molecule has 2 aromatic rings. The van der Waals surface area contributed by atoms with Crippen LogP contribution in [0.1, 0.15) is 25.7 Å². The Morgan fingerprint density at radius 3 is 2.36 bits per heavy atom. The zero-order chi connectivity index (χ0) is 20.0. The highest BCUT2D eigenvalue weighted by atomic mass is 35.5. The van der Waals surface area contributed by atoms with Gasteiger partial charge in [-0.05, 0) is 49.2 Å². The number of carbonyl (C=O) groups is 1. The number of hydrogen-bond acceptors (Lipinski definition) is 4. The number of nitrogens with zero attached hydrogens (tertiary/aromatic N) is 1. The number of amides is 1. The Balaban J connectivity index is 1.63. The molecule has 1 saturated heterocycles. The molecule has 0 atom stereocenters. The Morgan fingerprint density at radius 1 is 0.964 bits per heavy atom. The number of rotatable bonds is 6. The molecule has 150 valence electrons. The van der Waals surface area contributed by atoms with Gasteiger partial charge in [-0.2, -0.15) is 4.31 Å². The van der Waals surface area contributed by atoms with Crippen molar-refractivity contribution < 1.29 is 13.2 Å². The summed E-state index contributed by atoms with van der Waals surface area (Å²) < 4.78 is 27.4. The zero-order valence-electron chi connectivity index (χ0n) is 15.5. The number of hydrogen-bond donors (Lipinski definition) is 2. The lowest BCUT2D eigenvalue weighted by atomic mass is 10.2. The summed E-state index contributed by atoms with van der Waals surface area (Å²) in [5, 5.41) is 6.26. The fourth-order valence-electron chi connectivity index (χ4n) is 3.15. The summed E-state index contributed by atoms with van der Waals surface area (Å²) in [6.07, 6.45) is 3.91. The highest BCUT2D eigenvalue weighted by molar-refractivity contribution is 7.89. The molecular formula is C20H24ClN3O3S. The van der Waals surface area contributed by atoms with Gasteiger partial charge < -0.3 is 10.6 Å². The lowest BCUT2D eigenvalue weighted by Crippen LogP contribution is -2.32. The molecular weight excluding hydrogens is 398 g/mol. The van der Waals surface area contributed by atoms with Crippen LogP contribution in [0.15, 0.2) is 53.4 Å². The predicted molar refractivity (Wildman–Crippen MR) is 112 cm³/mol. The maximum Gasteiger partial charge on any atom is 0.243 e. The molecule has 0 saturated carbocycles. The first-order chi connectivity index (χ1) is 13.4. The molecule has 0 bridgehead atoms. The molecule has 28 heavy (non-hydrogen) atoms. The molecule has 1 amide bonds. The summed E-state index contributed by atoms with van der Waals surface area (Å²) in [7, 11) is -3.52. The van der Waals surface area contributed by atoms with Crippen LogP contribution >= 0.6 is 11.6 Å². The predicted octanol–water partition coefficient (Wildman–Crippen LogP) is 3.96. The Labute approximate surface area is 170 Å². The van der Waals surface area contributed by atoms with E-state index in [0.717, 1.165) is 25.7 Å². The summed E-state index contributed by atoms with van der Waals surface area (Å²) in [6, 6.07) is 13.5. The Morgan fingerprint density at radius 2 is 1.64 bits per heavy atom. The Hall–Kier alpha value is -2.09. The van der Waals surface area contributed by atoms with E-state index in [9.17, 15) is 13.2 Å². The first kappa shape index (κ1) is 20.6. The van der Waals surface area contributed by atoms with E-state index in [1.54, 1.807) is 52.8 Å². The van der Waals surface area contributed by atoms with Crippen molar-refractivity contribution in [3.8, 4) is 0 Å². The van der Waals surface area contributed by atoms with Gasteiger partial charge in [0.2, 0.25) is 15.9 Å². The van der Waals surface area contributed by atoms with Crippen LogP contribution in [0.25, 0.3) is 0 Å². The van der Waals surface area contributed by atoms with E-state index in [2.05, 4.69) is 10.6 Å². The van der Waals surface area contributed by atoms with Crippen molar-refractivity contribution in [2.24, 2.45) is 0 Å². The van der Waals surface area contributed by atoms with E-state index in [1.807, 2.05) is 0 Å². The molecule has 0 spiro atoms. The SMILES string of the molecule is O=C(CNc1cccc(S(=O)(=O)N2CCCCCC2)c1)Nc1cccc(Cl)c1. The number of nitrogens with one attached hydrogen (secondary N) is 2. The number of halogens is 1. The number of anilines is 2. The van der Waals surface area contributed by atoms with Crippen LogP contribution in [-0.2, 0) is 14.8 Å². The number of sulfonamides is 1. The van der Waals surface area contributed by atoms with Crippen LogP contribution in [0.4, 0.5) is 11.4 Å². The summed E-state index contributed by atoms with van der Waals surface area (Å²) in [4.78, 5) is 12.4. The second-order valence-electron chi connectivity index (χ2n) is 6.76. The topological polar surface area (TPSA) is 78.5 Å². The second-order valence-corrected chi connectivity index (χ2v) is 9.13. The van der Waals surface area contributed by atoms with Crippen LogP contribution in [-0.4, -0.2) is 38.3 Å². The van der Waals surface area contributed by atoms with Crippen LogP contribution < -0.4 is 10.6 Å². The molecule has 1 aliphatic rings. The third-order valence-corrected chi connectivity index (χ3v) is 6.73. The summed E-state index contributed by atoms with van der Waals surface area (Å²) in [5.41, 5.74) is 1.19. The van der Waals surface area contributed by atoms with Gasteiger partial charge in [0.25, 0.3) is 0 Å². The molecule has 1 aliphatic heterocycles. The molecule has 0 radical (unpaired) electrons. The van der Waals surface area contributed by atoms with E-state index >= 15 is 0 Å². The summed E-state index contributed by atoms with van der Waals surface area (Å²) in [6.45, 7) is 1.13. The monoisotopic (exact) mass is 421 g/mol. The van der Waals surface area contributed by atoms with Crippen molar-refractivity contribution in [1.29, 1.82) is 0 Å². The van der Waals surface area contributed by atoms with Crippen LogP contribution in [0, 0.1) is 0 Å². The standard InChI is InChI=1S/C20H24ClN3O3S/c21-16-7-5-9-18(13-16)23-20(25)15-22-17-8-6-10-19(14-17)28(26,27)24-11-3-1-2-4-12-24/h5-10,13-14,22H,1-4,11-12,15H2,(H,23,25). The zero-order valence-corrected chi connectivity index (χ0v) is 17.1. The molecule has 0 unspecified atom stereocenters. The van der Waals surface area contributed by atoms with Crippen molar-refractivity contribution >= 4 is 38.9 Å². The van der Waals surface area contributed by atoms with Crippen LogP contribution in [0.2, 0.25) is 5.02 Å². The fourth-order valence-corrected chi connectivity index (χ4v) is 4.91. The van der Waals surface area contributed by atoms with Crippen molar-refractivity contribution in [3.05, 3.63) is 53.6 Å². The average molecular weight is 422 g/mol. The van der Waals surface area contributed by atoms with Gasteiger partial charge in [-0.25, -0.2) is 8.42 Å². The minimum absolute atomic E-state index is 0.0136. The molecule has 1 fully saturated rings. The summed E-state index contributed by atoms with van der Waals surface area (Å²) >= 11 is 5.91. The minimum atomic E-state index is -3.52. The molecule has 0 aliphatic carbocycles. The second kappa shape index (κ2) is 9.41. The van der Waals surface area contributed by atoms with Gasteiger partial charge in [-0.3, -0.25) is 4.79 Å². The fraction of sp³-hybridized carbons (Fsp3) is 0.350.